The van der Waals surface area contributed by atoms with Crippen molar-refractivity contribution in [3.05, 3.63) is 40.0 Å². The highest BCUT2D eigenvalue weighted by molar-refractivity contribution is 9.10. The molecule has 0 aliphatic rings. The van der Waals surface area contributed by atoms with Crippen molar-refractivity contribution in [3.63, 3.8) is 0 Å². The van der Waals surface area contributed by atoms with Crippen LogP contribution < -0.4 is 0 Å². The lowest BCUT2D eigenvalue weighted by Crippen LogP contribution is -2.06. The molecule has 0 spiro atoms. The zero-order valence-corrected chi connectivity index (χ0v) is 11.4. The number of hydrogen-bond donors (Lipinski definition) is 1. The molecule has 2 heterocycles. The third kappa shape index (κ3) is 2.45. The Morgan fingerprint density at radius 2 is 2.35 bits per heavy atom. The minimum atomic E-state index is -0.565. The summed E-state index contributed by atoms with van der Waals surface area (Å²) in [4.78, 5) is 0. The van der Waals surface area contributed by atoms with E-state index in [-0.39, 0.29) is 0 Å². The lowest BCUT2D eigenvalue weighted by molar-refractivity contribution is 0.174. The van der Waals surface area contributed by atoms with Gasteiger partial charge in [-0.3, -0.25) is 4.68 Å². The van der Waals surface area contributed by atoms with Gasteiger partial charge in [-0.05, 0) is 28.4 Å². The Morgan fingerprint density at radius 3 is 2.88 bits per heavy atom. The van der Waals surface area contributed by atoms with Gasteiger partial charge in [0.25, 0.3) is 0 Å². The van der Waals surface area contributed by atoms with Crippen LogP contribution in [0.4, 0.5) is 0 Å². The van der Waals surface area contributed by atoms with Crippen LogP contribution in [0.25, 0.3) is 0 Å². The fraction of sp³-hybridized carbons (Fsp3) is 0.417. The average molecular weight is 299 g/mol. The van der Waals surface area contributed by atoms with Crippen molar-refractivity contribution in [2.75, 3.05) is 0 Å². The van der Waals surface area contributed by atoms with E-state index in [9.17, 15) is 5.11 Å². The molecular weight excluding hydrogens is 284 g/mol. The molecule has 5 heteroatoms. The minimum absolute atomic E-state index is 0.517. The SMILES string of the molecule is CCc1nn(C)c(CC(O)c2ccoc2)c1Br. The molecule has 2 aromatic heterocycles. The molecule has 0 saturated carbocycles. The summed E-state index contributed by atoms with van der Waals surface area (Å²) in [6, 6.07) is 1.77. The van der Waals surface area contributed by atoms with Gasteiger partial charge in [-0.1, -0.05) is 6.92 Å². The molecular formula is C12H15BrN2O2. The Bertz CT molecular complexity index is 491. The van der Waals surface area contributed by atoms with Crippen LogP contribution in [-0.2, 0) is 19.9 Å². The number of furan rings is 1. The van der Waals surface area contributed by atoms with E-state index in [1.807, 2.05) is 11.7 Å². The van der Waals surface area contributed by atoms with Gasteiger partial charge in [-0.2, -0.15) is 5.10 Å². The predicted octanol–water partition coefficient (Wildman–Crippen LogP) is 2.61. The average Bonchev–Trinajstić information content (AvgIpc) is 2.92. The highest BCUT2D eigenvalue weighted by Gasteiger charge is 2.17. The maximum Gasteiger partial charge on any atom is 0.0960 e. The van der Waals surface area contributed by atoms with E-state index in [0.717, 1.165) is 27.8 Å². The van der Waals surface area contributed by atoms with Crippen LogP contribution in [0.15, 0.2) is 27.5 Å². The number of aromatic nitrogens is 2. The van der Waals surface area contributed by atoms with Crippen molar-refractivity contribution in [1.82, 2.24) is 9.78 Å². The van der Waals surface area contributed by atoms with E-state index in [1.165, 1.54) is 0 Å². The summed E-state index contributed by atoms with van der Waals surface area (Å²) < 4.78 is 7.77. The Kier molecular flexibility index (Phi) is 3.69. The van der Waals surface area contributed by atoms with Crippen LogP contribution in [0.2, 0.25) is 0 Å². The smallest absolute Gasteiger partial charge is 0.0960 e. The molecule has 0 amide bonds. The van der Waals surface area contributed by atoms with Gasteiger partial charge in [0.2, 0.25) is 0 Å². The zero-order valence-electron chi connectivity index (χ0n) is 9.85. The molecule has 0 saturated heterocycles. The summed E-state index contributed by atoms with van der Waals surface area (Å²) in [7, 11) is 1.89. The van der Waals surface area contributed by atoms with Gasteiger partial charge < -0.3 is 9.52 Å². The molecule has 0 fully saturated rings. The molecule has 1 atom stereocenters. The molecule has 0 aromatic carbocycles. The second kappa shape index (κ2) is 5.06. The summed E-state index contributed by atoms with van der Waals surface area (Å²) in [6.45, 7) is 2.06. The minimum Gasteiger partial charge on any atom is -0.472 e. The Hall–Kier alpha value is -1.07. The number of rotatable bonds is 4. The van der Waals surface area contributed by atoms with Crippen LogP contribution in [0, 0.1) is 0 Å². The van der Waals surface area contributed by atoms with Crippen LogP contribution in [0.5, 0.6) is 0 Å². The molecule has 0 bridgehead atoms. The predicted molar refractivity (Wildman–Crippen MR) is 67.7 cm³/mol. The van der Waals surface area contributed by atoms with Gasteiger partial charge in [0.05, 0.1) is 34.5 Å². The maximum atomic E-state index is 10.1. The zero-order chi connectivity index (χ0) is 12.4. The number of aliphatic hydroxyl groups excluding tert-OH is 1. The number of nitrogens with zero attached hydrogens (tertiary/aromatic N) is 2. The van der Waals surface area contributed by atoms with Crippen molar-refractivity contribution < 1.29 is 9.52 Å². The van der Waals surface area contributed by atoms with Gasteiger partial charge in [-0.25, -0.2) is 0 Å². The Balaban J connectivity index is 2.21. The van der Waals surface area contributed by atoms with E-state index < -0.39 is 6.10 Å². The number of aliphatic hydroxyl groups is 1. The van der Waals surface area contributed by atoms with E-state index in [4.69, 9.17) is 4.42 Å². The monoisotopic (exact) mass is 298 g/mol. The van der Waals surface area contributed by atoms with Crippen LogP contribution >= 0.6 is 15.9 Å². The maximum absolute atomic E-state index is 10.1. The van der Waals surface area contributed by atoms with E-state index in [2.05, 4.69) is 28.0 Å². The van der Waals surface area contributed by atoms with Crippen molar-refractivity contribution in [1.29, 1.82) is 0 Å². The molecule has 17 heavy (non-hydrogen) atoms. The Labute approximate surface area is 108 Å². The van der Waals surface area contributed by atoms with Crippen molar-refractivity contribution in [3.8, 4) is 0 Å². The van der Waals surface area contributed by atoms with E-state index in [0.29, 0.717) is 6.42 Å². The van der Waals surface area contributed by atoms with Gasteiger partial charge in [0.1, 0.15) is 0 Å². The summed E-state index contributed by atoms with van der Waals surface area (Å²) in [5, 5.41) is 14.5. The van der Waals surface area contributed by atoms with E-state index >= 15 is 0 Å². The normalized spacial score (nSPS) is 12.9. The van der Waals surface area contributed by atoms with E-state index in [1.54, 1.807) is 18.6 Å². The summed E-state index contributed by atoms with van der Waals surface area (Å²) in [5.74, 6) is 0. The van der Waals surface area contributed by atoms with Crippen molar-refractivity contribution in [2.24, 2.45) is 7.05 Å². The van der Waals surface area contributed by atoms with Gasteiger partial charge in [0, 0.05) is 19.0 Å². The fourth-order valence-electron chi connectivity index (χ4n) is 1.81. The molecule has 4 nitrogen and oxygen atoms in total. The first-order valence-corrected chi connectivity index (χ1v) is 6.33. The first-order chi connectivity index (χ1) is 8.13. The van der Waals surface area contributed by atoms with Crippen molar-refractivity contribution in [2.45, 2.75) is 25.9 Å². The summed E-state index contributed by atoms with van der Waals surface area (Å²) in [6.07, 6.45) is 3.95. The third-order valence-electron chi connectivity index (χ3n) is 2.82. The van der Waals surface area contributed by atoms with Gasteiger partial charge >= 0.3 is 0 Å². The van der Waals surface area contributed by atoms with Crippen LogP contribution in [0.3, 0.4) is 0 Å². The third-order valence-corrected chi connectivity index (χ3v) is 3.73. The highest BCUT2D eigenvalue weighted by Crippen LogP contribution is 2.26. The molecule has 1 N–H and O–H groups in total. The largest absolute Gasteiger partial charge is 0.472 e. The quantitative estimate of drug-likeness (QED) is 0.944. The molecule has 0 aliphatic heterocycles. The first-order valence-electron chi connectivity index (χ1n) is 5.53. The topological polar surface area (TPSA) is 51.2 Å². The summed E-state index contributed by atoms with van der Waals surface area (Å²) in [5.41, 5.74) is 2.80. The highest BCUT2D eigenvalue weighted by atomic mass is 79.9. The standard InChI is InChI=1S/C12H15BrN2O2/c1-3-9-12(13)10(15(2)14-9)6-11(16)8-4-5-17-7-8/h4-5,7,11,16H,3,6H2,1-2H3. The summed E-state index contributed by atoms with van der Waals surface area (Å²) >= 11 is 3.54. The van der Waals surface area contributed by atoms with Crippen LogP contribution in [0.1, 0.15) is 30.0 Å². The molecule has 92 valence electrons. The molecule has 2 rings (SSSR count). The fourth-order valence-corrected chi connectivity index (χ4v) is 2.59. The second-order valence-corrected chi connectivity index (χ2v) is 4.75. The van der Waals surface area contributed by atoms with Gasteiger partial charge in [0.15, 0.2) is 0 Å². The lowest BCUT2D eigenvalue weighted by Gasteiger charge is -2.08. The number of aryl methyl sites for hydroxylation is 2. The Morgan fingerprint density at radius 1 is 1.59 bits per heavy atom. The first kappa shape index (κ1) is 12.4. The van der Waals surface area contributed by atoms with Crippen molar-refractivity contribution >= 4 is 15.9 Å². The lowest BCUT2D eigenvalue weighted by atomic mass is 10.1. The second-order valence-electron chi connectivity index (χ2n) is 3.96. The number of halogens is 1. The molecule has 2 aromatic rings. The van der Waals surface area contributed by atoms with Gasteiger partial charge in [-0.15, -0.1) is 0 Å². The number of hydrogen-bond acceptors (Lipinski definition) is 3. The molecule has 0 radical (unpaired) electrons. The van der Waals surface area contributed by atoms with Crippen LogP contribution in [-0.4, -0.2) is 14.9 Å². The molecule has 0 aliphatic carbocycles. The molecule has 1 unspecified atom stereocenters.